The van der Waals surface area contributed by atoms with Crippen molar-refractivity contribution in [3.8, 4) is 0 Å². The van der Waals surface area contributed by atoms with Gasteiger partial charge in [-0.25, -0.2) is 0 Å². The monoisotopic (exact) mass is 271 g/mol. The van der Waals surface area contributed by atoms with E-state index in [1.807, 2.05) is 11.6 Å². The molecule has 0 aliphatic carbocycles. The van der Waals surface area contributed by atoms with Crippen molar-refractivity contribution in [2.45, 2.75) is 32.4 Å². The third kappa shape index (κ3) is 2.54. The zero-order valence-corrected chi connectivity index (χ0v) is 12.1. The Labute approximate surface area is 119 Å². The van der Waals surface area contributed by atoms with Gasteiger partial charge in [0.05, 0.1) is 6.04 Å². The number of rotatable bonds is 4. The van der Waals surface area contributed by atoms with Crippen LogP contribution < -0.4 is 10.6 Å². The number of hydrogen-bond donors (Lipinski definition) is 2. The summed E-state index contributed by atoms with van der Waals surface area (Å²) in [5, 5.41) is 15.1. The van der Waals surface area contributed by atoms with Crippen molar-refractivity contribution in [1.82, 2.24) is 20.1 Å². The van der Waals surface area contributed by atoms with E-state index in [0.29, 0.717) is 0 Å². The van der Waals surface area contributed by atoms with Gasteiger partial charge in [0.25, 0.3) is 0 Å². The normalized spacial score (nSPS) is 15.5. The quantitative estimate of drug-likeness (QED) is 0.893. The molecule has 0 fully saturated rings. The lowest BCUT2D eigenvalue weighted by Crippen LogP contribution is -2.23. The fourth-order valence-corrected chi connectivity index (χ4v) is 2.77. The van der Waals surface area contributed by atoms with Gasteiger partial charge in [0, 0.05) is 25.8 Å². The average Bonchev–Trinajstić information content (AvgIpc) is 2.91. The molecule has 1 unspecified atom stereocenters. The summed E-state index contributed by atoms with van der Waals surface area (Å²) in [6.45, 7) is 4.03. The van der Waals surface area contributed by atoms with E-state index in [2.05, 4.69) is 46.0 Å². The van der Waals surface area contributed by atoms with Gasteiger partial charge < -0.3 is 15.2 Å². The largest absolute Gasteiger partial charge is 0.385 e. The van der Waals surface area contributed by atoms with Crippen LogP contribution in [0.25, 0.3) is 0 Å². The van der Waals surface area contributed by atoms with Crippen molar-refractivity contribution >= 4 is 5.69 Å². The second kappa shape index (κ2) is 5.63. The molecule has 3 rings (SSSR count). The Morgan fingerprint density at radius 1 is 1.45 bits per heavy atom. The minimum atomic E-state index is 0.182. The average molecular weight is 271 g/mol. The van der Waals surface area contributed by atoms with Crippen LogP contribution in [0.2, 0.25) is 0 Å². The van der Waals surface area contributed by atoms with Crippen LogP contribution >= 0.6 is 0 Å². The molecule has 0 spiro atoms. The summed E-state index contributed by atoms with van der Waals surface area (Å²) in [6, 6.07) is 6.74. The molecule has 2 N–H and O–H groups in total. The van der Waals surface area contributed by atoms with Crippen molar-refractivity contribution in [3.05, 3.63) is 41.5 Å². The van der Waals surface area contributed by atoms with E-state index in [-0.39, 0.29) is 6.04 Å². The third-order valence-corrected chi connectivity index (χ3v) is 3.89. The van der Waals surface area contributed by atoms with Gasteiger partial charge in [-0.05, 0) is 30.9 Å². The van der Waals surface area contributed by atoms with E-state index >= 15 is 0 Å². The zero-order chi connectivity index (χ0) is 13.9. The first kappa shape index (κ1) is 13.1. The van der Waals surface area contributed by atoms with E-state index < -0.39 is 0 Å². The number of benzene rings is 1. The molecule has 1 atom stereocenters. The van der Waals surface area contributed by atoms with E-state index in [1.165, 1.54) is 29.7 Å². The molecule has 0 bridgehead atoms. The molecular weight excluding hydrogens is 250 g/mol. The molecule has 1 aromatic carbocycles. The highest BCUT2D eigenvalue weighted by molar-refractivity contribution is 5.59. The maximum absolute atomic E-state index is 4.15. The highest BCUT2D eigenvalue weighted by Crippen LogP contribution is 2.26. The van der Waals surface area contributed by atoms with Gasteiger partial charge in [-0.15, -0.1) is 10.2 Å². The Bertz CT molecular complexity index is 590. The highest BCUT2D eigenvalue weighted by atomic mass is 15.3. The topological polar surface area (TPSA) is 54.8 Å². The second-order valence-electron chi connectivity index (χ2n) is 5.38. The Hall–Kier alpha value is -1.88. The van der Waals surface area contributed by atoms with Crippen molar-refractivity contribution in [2.75, 3.05) is 11.9 Å². The van der Waals surface area contributed by atoms with Crippen LogP contribution in [0, 0.1) is 0 Å². The van der Waals surface area contributed by atoms with Gasteiger partial charge in [-0.1, -0.05) is 18.2 Å². The molecule has 20 heavy (non-hydrogen) atoms. The van der Waals surface area contributed by atoms with E-state index in [0.717, 1.165) is 18.9 Å². The summed E-state index contributed by atoms with van der Waals surface area (Å²) in [7, 11) is 1.97. The van der Waals surface area contributed by atoms with Crippen LogP contribution in [0.5, 0.6) is 0 Å². The number of para-hydroxylation sites is 1. The van der Waals surface area contributed by atoms with Crippen molar-refractivity contribution in [2.24, 2.45) is 7.05 Å². The van der Waals surface area contributed by atoms with Crippen LogP contribution in [0.3, 0.4) is 0 Å². The van der Waals surface area contributed by atoms with Crippen molar-refractivity contribution in [1.29, 1.82) is 0 Å². The predicted octanol–water partition coefficient (Wildman–Crippen LogP) is 2.02. The van der Waals surface area contributed by atoms with Gasteiger partial charge >= 0.3 is 0 Å². The van der Waals surface area contributed by atoms with Gasteiger partial charge in [0.15, 0.2) is 0 Å². The SMILES string of the molecule is CC(NCc1cccc2c1NCCC2)c1nncn1C. The first-order chi connectivity index (χ1) is 9.75. The van der Waals surface area contributed by atoms with Gasteiger partial charge in [-0.3, -0.25) is 0 Å². The minimum Gasteiger partial charge on any atom is -0.385 e. The number of fused-ring (bicyclic) bond motifs is 1. The van der Waals surface area contributed by atoms with Crippen molar-refractivity contribution in [3.63, 3.8) is 0 Å². The number of nitrogens with one attached hydrogen (secondary N) is 2. The zero-order valence-electron chi connectivity index (χ0n) is 12.1. The summed E-state index contributed by atoms with van der Waals surface area (Å²) in [5.41, 5.74) is 4.08. The Balaban J connectivity index is 1.71. The molecule has 1 aliphatic rings. The number of anilines is 1. The smallest absolute Gasteiger partial charge is 0.149 e. The van der Waals surface area contributed by atoms with Crippen LogP contribution in [-0.2, 0) is 20.0 Å². The summed E-state index contributed by atoms with van der Waals surface area (Å²) in [4.78, 5) is 0. The second-order valence-corrected chi connectivity index (χ2v) is 5.38. The van der Waals surface area contributed by atoms with Crippen LogP contribution in [0.4, 0.5) is 5.69 Å². The lowest BCUT2D eigenvalue weighted by Gasteiger charge is -2.22. The molecule has 106 valence electrons. The molecule has 0 radical (unpaired) electrons. The van der Waals surface area contributed by atoms with Gasteiger partial charge in [0.1, 0.15) is 12.2 Å². The summed E-state index contributed by atoms with van der Waals surface area (Å²) in [6.07, 6.45) is 4.13. The molecular formula is C15H21N5. The summed E-state index contributed by atoms with van der Waals surface area (Å²) < 4.78 is 1.95. The van der Waals surface area contributed by atoms with Crippen LogP contribution in [-0.4, -0.2) is 21.3 Å². The lowest BCUT2D eigenvalue weighted by molar-refractivity contribution is 0.528. The Morgan fingerprint density at radius 2 is 2.35 bits per heavy atom. The molecule has 0 amide bonds. The van der Waals surface area contributed by atoms with Crippen LogP contribution in [0.15, 0.2) is 24.5 Å². The first-order valence-electron chi connectivity index (χ1n) is 7.17. The van der Waals surface area contributed by atoms with E-state index in [1.54, 1.807) is 6.33 Å². The molecule has 5 nitrogen and oxygen atoms in total. The standard InChI is InChI=1S/C15H21N5/c1-11(15-19-18-10-20(15)2)17-9-13-6-3-5-12-7-4-8-16-14(12)13/h3,5-6,10-11,16-17H,4,7-9H2,1-2H3. The maximum Gasteiger partial charge on any atom is 0.149 e. The number of nitrogens with zero attached hydrogens (tertiary/aromatic N) is 3. The third-order valence-electron chi connectivity index (χ3n) is 3.89. The van der Waals surface area contributed by atoms with Crippen LogP contribution in [0.1, 0.15) is 36.3 Å². The lowest BCUT2D eigenvalue weighted by atomic mass is 9.99. The Kier molecular flexibility index (Phi) is 3.69. The first-order valence-corrected chi connectivity index (χ1v) is 7.17. The van der Waals surface area contributed by atoms with Crippen molar-refractivity contribution < 1.29 is 0 Å². The highest BCUT2D eigenvalue weighted by Gasteiger charge is 2.14. The molecule has 0 saturated heterocycles. The van der Waals surface area contributed by atoms with E-state index in [4.69, 9.17) is 0 Å². The molecule has 5 heteroatoms. The van der Waals surface area contributed by atoms with Gasteiger partial charge in [-0.2, -0.15) is 0 Å². The number of aromatic nitrogens is 3. The number of hydrogen-bond acceptors (Lipinski definition) is 4. The Morgan fingerprint density at radius 3 is 3.15 bits per heavy atom. The number of aryl methyl sites for hydroxylation is 2. The minimum absolute atomic E-state index is 0.182. The molecule has 1 aliphatic heterocycles. The van der Waals surface area contributed by atoms with E-state index in [9.17, 15) is 0 Å². The molecule has 0 saturated carbocycles. The maximum atomic E-state index is 4.15. The summed E-state index contributed by atoms with van der Waals surface area (Å²) in [5.74, 6) is 0.961. The molecule has 2 aromatic rings. The molecule has 1 aromatic heterocycles. The van der Waals surface area contributed by atoms with Gasteiger partial charge in [0.2, 0.25) is 0 Å². The fraction of sp³-hybridized carbons (Fsp3) is 0.467. The summed E-state index contributed by atoms with van der Waals surface area (Å²) >= 11 is 0. The predicted molar refractivity (Wildman–Crippen MR) is 79.5 cm³/mol. The fourth-order valence-electron chi connectivity index (χ4n) is 2.77. The molecule has 2 heterocycles.